The van der Waals surface area contributed by atoms with Gasteiger partial charge < -0.3 is 14.3 Å². The van der Waals surface area contributed by atoms with E-state index in [-0.39, 0.29) is 5.82 Å². The molecule has 1 N–H and O–H groups in total. The highest BCUT2D eigenvalue weighted by molar-refractivity contribution is 5.78. The summed E-state index contributed by atoms with van der Waals surface area (Å²) in [6.45, 7) is 6.38. The molecular weight excluding hydrogens is 259 g/mol. The summed E-state index contributed by atoms with van der Waals surface area (Å²) < 4.78 is 24.6. The highest BCUT2D eigenvalue weighted by Crippen LogP contribution is 2.37. The molecule has 1 unspecified atom stereocenters. The fourth-order valence-electron chi connectivity index (χ4n) is 2.64. The van der Waals surface area contributed by atoms with E-state index in [1.807, 2.05) is 20.8 Å². The SMILES string of the molecule is CCOC(CC)(CC)C(O)c1cc2cc(F)ccc2o1. The number of ether oxygens (including phenoxy) is 1. The maximum atomic E-state index is 13.2. The van der Waals surface area contributed by atoms with Crippen molar-refractivity contribution in [2.75, 3.05) is 6.61 Å². The molecule has 0 aliphatic rings. The molecule has 0 bridgehead atoms. The second-order valence-electron chi connectivity index (χ2n) is 4.94. The van der Waals surface area contributed by atoms with Gasteiger partial charge in [-0.2, -0.15) is 0 Å². The molecule has 0 aliphatic carbocycles. The van der Waals surface area contributed by atoms with Crippen LogP contribution in [0, 0.1) is 5.82 Å². The lowest BCUT2D eigenvalue weighted by Gasteiger charge is -2.35. The van der Waals surface area contributed by atoms with Crippen molar-refractivity contribution in [2.24, 2.45) is 0 Å². The van der Waals surface area contributed by atoms with Gasteiger partial charge in [0.1, 0.15) is 28.9 Å². The average molecular weight is 280 g/mol. The zero-order chi connectivity index (χ0) is 14.8. The second-order valence-corrected chi connectivity index (χ2v) is 4.94. The molecule has 1 heterocycles. The molecule has 2 rings (SSSR count). The van der Waals surface area contributed by atoms with E-state index in [0.29, 0.717) is 36.2 Å². The van der Waals surface area contributed by atoms with Crippen molar-refractivity contribution in [3.05, 3.63) is 35.8 Å². The van der Waals surface area contributed by atoms with Gasteiger partial charge in [-0.05, 0) is 44.0 Å². The van der Waals surface area contributed by atoms with Crippen LogP contribution in [0.1, 0.15) is 45.5 Å². The van der Waals surface area contributed by atoms with Crippen molar-refractivity contribution in [3.8, 4) is 0 Å². The van der Waals surface area contributed by atoms with Gasteiger partial charge >= 0.3 is 0 Å². The van der Waals surface area contributed by atoms with Crippen molar-refractivity contribution in [1.82, 2.24) is 0 Å². The van der Waals surface area contributed by atoms with Gasteiger partial charge in [0.15, 0.2) is 0 Å². The standard InChI is InChI=1S/C16H21FO3/c1-4-16(5-2,19-6-3)15(18)14-10-11-9-12(17)7-8-13(11)20-14/h7-10,15,18H,4-6H2,1-3H3. The minimum atomic E-state index is -0.868. The number of fused-ring (bicyclic) bond motifs is 1. The van der Waals surface area contributed by atoms with E-state index < -0.39 is 11.7 Å². The fraction of sp³-hybridized carbons (Fsp3) is 0.500. The van der Waals surface area contributed by atoms with Gasteiger partial charge in [-0.1, -0.05) is 13.8 Å². The van der Waals surface area contributed by atoms with Crippen molar-refractivity contribution >= 4 is 11.0 Å². The molecule has 0 amide bonds. The Hall–Kier alpha value is -1.39. The Morgan fingerprint density at radius 2 is 1.95 bits per heavy atom. The molecule has 1 atom stereocenters. The van der Waals surface area contributed by atoms with Crippen LogP contribution in [0.15, 0.2) is 28.7 Å². The van der Waals surface area contributed by atoms with Crippen LogP contribution in [0.4, 0.5) is 4.39 Å². The maximum absolute atomic E-state index is 13.2. The van der Waals surface area contributed by atoms with Crippen molar-refractivity contribution < 1.29 is 18.7 Å². The molecule has 1 aromatic heterocycles. The summed E-state index contributed by atoms with van der Waals surface area (Å²) in [5.41, 5.74) is -0.0979. The van der Waals surface area contributed by atoms with Crippen LogP contribution in [0.3, 0.4) is 0 Å². The monoisotopic (exact) mass is 280 g/mol. The topological polar surface area (TPSA) is 42.6 Å². The molecule has 20 heavy (non-hydrogen) atoms. The van der Waals surface area contributed by atoms with Gasteiger partial charge in [0, 0.05) is 12.0 Å². The van der Waals surface area contributed by atoms with E-state index in [0.717, 1.165) is 0 Å². The van der Waals surface area contributed by atoms with Crippen LogP contribution in [0.5, 0.6) is 0 Å². The Balaban J connectivity index is 2.40. The average Bonchev–Trinajstić information content (AvgIpc) is 2.87. The summed E-state index contributed by atoms with van der Waals surface area (Å²) in [5, 5.41) is 11.3. The minimum Gasteiger partial charge on any atom is -0.458 e. The third kappa shape index (κ3) is 2.58. The zero-order valence-electron chi connectivity index (χ0n) is 12.1. The first-order valence-corrected chi connectivity index (χ1v) is 7.07. The first-order chi connectivity index (χ1) is 9.56. The van der Waals surface area contributed by atoms with E-state index in [1.165, 1.54) is 12.1 Å². The fourth-order valence-corrected chi connectivity index (χ4v) is 2.64. The zero-order valence-corrected chi connectivity index (χ0v) is 12.1. The number of rotatable bonds is 6. The van der Waals surface area contributed by atoms with E-state index in [2.05, 4.69) is 0 Å². The number of halogens is 1. The van der Waals surface area contributed by atoms with Crippen molar-refractivity contribution in [3.63, 3.8) is 0 Å². The molecule has 3 nitrogen and oxygen atoms in total. The van der Waals surface area contributed by atoms with Gasteiger partial charge in [0.2, 0.25) is 0 Å². The molecule has 0 spiro atoms. The largest absolute Gasteiger partial charge is 0.458 e. The Morgan fingerprint density at radius 1 is 1.25 bits per heavy atom. The lowest BCUT2D eigenvalue weighted by molar-refractivity contribution is -0.133. The molecule has 2 aromatic rings. The van der Waals surface area contributed by atoms with Crippen LogP contribution in [-0.4, -0.2) is 17.3 Å². The van der Waals surface area contributed by atoms with Gasteiger partial charge in [-0.3, -0.25) is 0 Å². The third-order valence-corrected chi connectivity index (χ3v) is 3.89. The quantitative estimate of drug-likeness (QED) is 0.862. The molecule has 1 aromatic carbocycles. The third-order valence-electron chi connectivity index (χ3n) is 3.89. The molecule has 0 saturated heterocycles. The molecular formula is C16H21FO3. The normalized spacial score (nSPS) is 13.8. The molecule has 0 saturated carbocycles. The van der Waals surface area contributed by atoms with Crippen molar-refractivity contribution in [2.45, 2.75) is 45.3 Å². The highest BCUT2D eigenvalue weighted by Gasteiger charge is 2.38. The summed E-state index contributed by atoms with van der Waals surface area (Å²) in [6, 6.07) is 6.00. The molecule has 110 valence electrons. The number of furan rings is 1. The Kier molecular flexibility index (Phi) is 4.45. The van der Waals surface area contributed by atoms with Crippen LogP contribution in [0.25, 0.3) is 11.0 Å². The summed E-state index contributed by atoms with van der Waals surface area (Å²) in [4.78, 5) is 0. The summed E-state index contributed by atoms with van der Waals surface area (Å²) in [5.74, 6) is 0.101. The Morgan fingerprint density at radius 3 is 2.55 bits per heavy atom. The van der Waals surface area contributed by atoms with Gasteiger partial charge in [0.25, 0.3) is 0 Å². The van der Waals surface area contributed by atoms with Crippen LogP contribution >= 0.6 is 0 Å². The molecule has 0 aliphatic heterocycles. The minimum absolute atomic E-state index is 0.318. The van der Waals surface area contributed by atoms with E-state index in [4.69, 9.17) is 9.15 Å². The lowest BCUT2D eigenvalue weighted by atomic mass is 9.88. The number of hydrogen-bond acceptors (Lipinski definition) is 3. The number of hydrogen-bond donors (Lipinski definition) is 1. The van der Waals surface area contributed by atoms with Gasteiger partial charge in [-0.25, -0.2) is 4.39 Å². The first-order valence-electron chi connectivity index (χ1n) is 7.07. The summed E-state index contributed by atoms with van der Waals surface area (Å²) in [7, 11) is 0. The summed E-state index contributed by atoms with van der Waals surface area (Å²) in [6.07, 6.45) is 0.473. The van der Waals surface area contributed by atoms with Gasteiger partial charge in [-0.15, -0.1) is 0 Å². The first kappa shape index (κ1) is 15.0. The predicted molar refractivity (Wildman–Crippen MR) is 76.1 cm³/mol. The lowest BCUT2D eigenvalue weighted by Crippen LogP contribution is -2.38. The smallest absolute Gasteiger partial charge is 0.140 e. The Bertz CT molecular complexity index is 572. The maximum Gasteiger partial charge on any atom is 0.140 e. The van der Waals surface area contributed by atoms with E-state index in [9.17, 15) is 9.50 Å². The Labute approximate surface area is 118 Å². The molecule has 4 heteroatoms. The van der Waals surface area contributed by atoms with E-state index in [1.54, 1.807) is 12.1 Å². The highest BCUT2D eigenvalue weighted by atomic mass is 19.1. The number of aliphatic hydroxyl groups is 1. The van der Waals surface area contributed by atoms with Crippen LogP contribution in [-0.2, 0) is 4.74 Å². The molecule has 0 fully saturated rings. The second kappa shape index (κ2) is 5.94. The number of aliphatic hydroxyl groups excluding tert-OH is 1. The predicted octanol–water partition coefficient (Wildman–Crippen LogP) is 4.20. The summed E-state index contributed by atoms with van der Waals surface area (Å²) >= 11 is 0. The van der Waals surface area contributed by atoms with Crippen LogP contribution < -0.4 is 0 Å². The number of benzene rings is 1. The van der Waals surface area contributed by atoms with Gasteiger partial charge in [0.05, 0.1) is 0 Å². The van der Waals surface area contributed by atoms with Crippen LogP contribution in [0.2, 0.25) is 0 Å². The van der Waals surface area contributed by atoms with Crippen molar-refractivity contribution in [1.29, 1.82) is 0 Å². The van der Waals surface area contributed by atoms with E-state index >= 15 is 0 Å². The molecule has 0 radical (unpaired) electrons.